The fourth-order valence-electron chi connectivity index (χ4n) is 1.72. The molecule has 0 heterocycles. The van der Waals surface area contributed by atoms with Gasteiger partial charge in [-0.05, 0) is 32.9 Å². The van der Waals surface area contributed by atoms with Crippen molar-refractivity contribution in [2.24, 2.45) is 0 Å². The highest BCUT2D eigenvalue weighted by atomic mass is 19.1. The van der Waals surface area contributed by atoms with Gasteiger partial charge in [0.25, 0.3) is 5.91 Å². The summed E-state index contributed by atoms with van der Waals surface area (Å²) in [6, 6.07) is 3.15. The van der Waals surface area contributed by atoms with Crippen LogP contribution in [0.3, 0.4) is 0 Å². The maximum Gasteiger partial charge on any atom is 0.258 e. The minimum Gasteiger partial charge on any atom is -0.507 e. The molecular formula is C14H19FN2O3. The Morgan fingerprint density at radius 3 is 2.55 bits per heavy atom. The van der Waals surface area contributed by atoms with Crippen molar-refractivity contribution in [3.05, 3.63) is 29.6 Å². The molecule has 0 aliphatic rings. The molecule has 0 spiro atoms. The SMILES string of the molecule is CCN(CC(=O)NC(C)C)C(=O)c1ccc(F)cc1O. The third kappa shape index (κ3) is 4.22. The van der Waals surface area contributed by atoms with Gasteiger partial charge in [0.05, 0.1) is 12.1 Å². The molecule has 0 aliphatic heterocycles. The number of amides is 2. The van der Waals surface area contributed by atoms with Crippen LogP contribution < -0.4 is 5.32 Å². The lowest BCUT2D eigenvalue weighted by molar-refractivity contribution is -0.122. The number of hydrogen-bond acceptors (Lipinski definition) is 3. The van der Waals surface area contributed by atoms with Crippen molar-refractivity contribution >= 4 is 11.8 Å². The highest BCUT2D eigenvalue weighted by molar-refractivity contribution is 5.98. The third-order valence-electron chi connectivity index (χ3n) is 2.64. The second-order valence-corrected chi connectivity index (χ2v) is 4.70. The number of benzene rings is 1. The molecule has 0 saturated carbocycles. The Balaban J connectivity index is 2.84. The van der Waals surface area contributed by atoms with Gasteiger partial charge in [-0.1, -0.05) is 0 Å². The number of rotatable bonds is 5. The van der Waals surface area contributed by atoms with Crippen LogP contribution in [-0.2, 0) is 4.79 Å². The van der Waals surface area contributed by atoms with Crippen LogP contribution in [0.2, 0.25) is 0 Å². The van der Waals surface area contributed by atoms with E-state index in [4.69, 9.17) is 0 Å². The molecule has 0 aromatic heterocycles. The van der Waals surface area contributed by atoms with Crippen molar-refractivity contribution < 1.29 is 19.1 Å². The largest absolute Gasteiger partial charge is 0.507 e. The van der Waals surface area contributed by atoms with E-state index in [2.05, 4.69) is 5.32 Å². The Kier molecular flexibility index (Phi) is 5.49. The van der Waals surface area contributed by atoms with Gasteiger partial charge in [-0.25, -0.2) is 4.39 Å². The van der Waals surface area contributed by atoms with Crippen molar-refractivity contribution in [3.63, 3.8) is 0 Å². The Morgan fingerprint density at radius 2 is 2.05 bits per heavy atom. The fourth-order valence-corrected chi connectivity index (χ4v) is 1.72. The highest BCUT2D eigenvalue weighted by Crippen LogP contribution is 2.19. The number of phenols is 1. The molecule has 0 fully saturated rings. The van der Waals surface area contributed by atoms with Gasteiger partial charge in [0, 0.05) is 18.7 Å². The van der Waals surface area contributed by atoms with Crippen molar-refractivity contribution in [3.8, 4) is 5.75 Å². The molecule has 6 heteroatoms. The van der Waals surface area contributed by atoms with E-state index in [1.165, 1.54) is 11.0 Å². The van der Waals surface area contributed by atoms with E-state index >= 15 is 0 Å². The Morgan fingerprint density at radius 1 is 1.40 bits per heavy atom. The first-order valence-corrected chi connectivity index (χ1v) is 6.42. The number of carbonyl (C=O) groups is 2. The zero-order valence-electron chi connectivity index (χ0n) is 11.8. The van der Waals surface area contributed by atoms with E-state index in [-0.39, 0.29) is 24.1 Å². The predicted octanol–water partition coefficient (Wildman–Crippen LogP) is 1.52. The quantitative estimate of drug-likeness (QED) is 0.860. The lowest BCUT2D eigenvalue weighted by Gasteiger charge is -2.21. The van der Waals surface area contributed by atoms with Crippen molar-refractivity contribution in [1.82, 2.24) is 10.2 Å². The molecule has 0 aliphatic carbocycles. The average molecular weight is 282 g/mol. The summed E-state index contributed by atoms with van der Waals surface area (Å²) in [7, 11) is 0. The molecule has 0 saturated heterocycles. The number of likely N-dealkylation sites (N-methyl/N-ethyl adjacent to an activating group) is 1. The van der Waals surface area contributed by atoms with E-state index in [0.717, 1.165) is 12.1 Å². The fraction of sp³-hybridized carbons (Fsp3) is 0.429. The van der Waals surface area contributed by atoms with E-state index in [0.29, 0.717) is 6.54 Å². The topological polar surface area (TPSA) is 69.6 Å². The van der Waals surface area contributed by atoms with Crippen molar-refractivity contribution in [2.75, 3.05) is 13.1 Å². The summed E-state index contributed by atoms with van der Waals surface area (Å²) >= 11 is 0. The van der Waals surface area contributed by atoms with E-state index < -0.39 is 17.5 Å². The molecule has 2 N–H and O–H groups in total. The maximum atomic E-state index is 12.9. The normalized spacial score (nSPS) is 10.4. The number of phenolic OH excluding ortho intramolecular Hbond substituents is 1. The monoisotopic (exact) mass is 282 g/mol. The Labute approximate surface area is 117 Å². The summed E-state index contributed by atoms with van der Waals surface area (Å²) in [6.45, 7) is 5.57. The van der Waals surface area contributed by atoms with E-state index in [1.54, 1.807) is 6.92 Å². The Bertz CT molecular complexity index is 503. The molecule has 1 aromatic rings. The summed E-state index contributed by atoms with van der Waals surface area (Å²) in [4.78, 5) is 25.1. The van der Waals surface area contributed by atoms with Crippen LogP contribution in [0.5, 0.6) is 5.75 Å². The summed E-state index contributed by atoms with van der Waals surface area (Å²) < 4.78 is 12.9. The van der Waals surface area contributed by atoms with Crippen molar-refractivity contribution in [2.45, 2.75) is 26.8 Å². The molecule has 0 bridgehead atoms. The molecule has 1 rings (SSSR count). The minimum atomic E-state index is -0.625. The summed E-state index contributed by atoms with van der Waals surface area (Å²) in [6.07, 6.45) is 0. The van der Waals surface area contributed by atoms with Gasteiger partial charge in [0.15, 0.2) is 0 Å². The lowest BCUT2D eigenvalue weighted by atomic mass is 10.1. The third-order valence-corrected chi connectivity index (χ3v) is 2.64. The highest BCUT2D eigenvalue weighted by Gasteiger charge is 2.20. The van der Waals surface area contributed by atoms with E-state index in [1.807, 2.05) is 13.8 Å². The van der Waals surface area contributed by atoms with Gasteiger partial charge in [-0.3, -0.25) is 9.59 Å². The van der Waals surface area contributed by atoms with Crippen LogP contribution in [-0.4, -0.2) is 41.0 Å². The molecular weight excluding hydrogens is 263 g/mol. The van der Waals surface area contributed by atoms with Gasteiger partial charge >= 0.3 is 0 Å². The van der Waals surface area contributed by atoms with Crippen LogP contribution in [0.1, 0.15) is 31.1 Å². The van der Waals surface area contributed by atoms with Crippen LogP contribution >= 0.6 is 0 Å². The second-order valence-electron chi connectivity index (χ2n) is 4.70. The molecule has 20 heavy (non-hydrogen) atoms. The molecule has 1 aromatic carbocycles. The number of carbonyl (C=O) groups excluding carboxylic acids is 2. The molecule has 0 radical (unpaired) electrons. The molecule has 0 atom stereocenters. The number of hydrogen-bond donors (Lipinski definition) is 2. The van der Waals surface area contributed by atoms with E-state index in [9.17, 15) is 19.1 Å². The molecule has 5 nitrogen and oxygen atoms in total. The van der Waals surface area contributed by atoms with Gasteiger partial charge in [0.2, 0.25) is 5.91 Å². The number of halogens is 1. The van der Waals surface area contributed by atoms with Crippen LogP contribution in [0.15, 0.2) is 18.2 Å². The number of nitrogens with one attached hydrogen (secondary N) is 1. The molecule has 0 unspecified atom stereocenters. The standard InChI is InChI=1S/C14H19FN2O3/c1-4-17(8-13(19)16-9(2)3)14(20)11-6-5-10(15)7-12(11)18/h5-7,9,18H,4,8H2,1-3H3,(H,16,19). The van der Waals surface area contributed by atoms with Crippen molar-refractivity contribution in [1.29, 1.82) is 0 Å². The number of nitrogens with zero attached hydrogens (tertiary/aromatic N) is 1. The van der Waals surface area contributed by atoms with Gasteiger partial charge in [-0.15, -0.1) is 0 Å². The first kappa shape index (κ1) is 15.9. The maximum absolute atomic E-state index is 12.9. The first-order valence-electron chi connectivity index (χ1n) is 6.42. The first-order chi connectivity index (χ1) is 9.35. The lowest BCUT2D eigenvalue weighted by Crippen LogP contribution is -2.42. The van der Waals surface area contributed by atoms with Gasteiger partial charge in [0.1, 0.15) is 11.6 Å². The summed E-state index contributed by atoms with van der Waals surface area (Å²) in [5.74, 6) is -1.85. The Hall–Kier alpha value is -2.11. The molecule has 110 valence electrons. The number of aromatic hydroxyl groups is 1. The molecule has 2 amide bonds. The minimum absolute atomic E-state index is 0.0180. The second kappa shape index (κ2) is 6.88. The zero-order chi connectivity index (χ0) is 15.3. The van der Waals surface area contributed by atoms with Gasteiger partial charge < -0.3 is 15.3 Å². The predicted molar refractivity (Wildman–Crippen MR) is 72.9 cm³/mol. The average Bonchev–Trinajstić information content (AvgIpc) is 2.34. The van der Waals surface area contributed by atoms with Crippen LogP contribution in [0.4, 0.5) is 4.39 Å². The smallest absolute Gasteiger partial charge is 0.258 e. The van der Waals surface area contributed by atoms with Crippen LogP contribution in [0.25, 0.3) is 0 Å². The summed E-state index contributed by atoms with van der Waals surface area (Å²) in [5.41, 5.74) is -0.0226. The summed E-state index contributed by atoms with van der Waals surface area (Å²) in [5, 5.41) is 12.3. The van der Waals surface area contributed by atoms with Crippen LogP contribution in [0, 0.1) is 5.82 Å². The van der Waals surface area contributed by atoms with Gasteiger partial charge in [-0.2, -0.15) is 0 Å². The zero-order valence-corrected chi connectivity index (χ0v) is 11.8.